The molecular formula is C19H21N9O5. The molecule has 0 aliphatic carbocycles. The molecule has 0 bridgehead atoms. The second-order valence-corrected chi connectivity index (χ2v) is 7.39. The summed E-state index contributed by atoms with van der Waals surface area (Å²) >= 11 is 0. The van der Waals surface area contributed by atoms with Crippen LogP contribution >= 0.6 is 0 Å². The van der Waals surface area contributed by atoms with E-state index < -0.39 is 43.2 Å². The summed E-state index contributed by atoms with van der Waals surface area (Å²) in [6, 6.07) is 5.50. The first kappa shape index (κ1) is 22.4. The second-order valence-electron chi connectivity index (χ2n) is 7.39. The molecule has 172 valence electrons. The summed E-state index contributed by atoms with van der Waals surface area (Å²) in [6.07, 6.45) is -1.79. The minimum absolute atomic E-state index is 0.144. The van der Waals surface area contributed by atoms with Crippen molar-refractivity contribution in [2.24, 2.45) is 10.8 Å². The fraction of sp³-hybridized carbons (Fsp3) is 0.368. The molecular weight excluding hydrogens is 434 g/mol. The van der Waals surface area contributed by atoms with E-state index in [-0.39, 0.29) is 12.2 Å². The van der Waals surface area contributed by atoms with Gasteiger partial charge in [0.15, 0.2) is 23.8 Å². The number of hydrogen-bond donors (Lipinski definition) is 4. The lowest BCUT2D eigenvalue weighted by atomic mass is 10.1. The van der Waals surface area contributed by atoms with Gasteiger partial charge in [-0.25, -0.2) is 15.0 Å². The summed E-state index contributed by atoms with van der Waals surface area (Å²) in [5, 5.41) is 23.7. The normalized spacial score (nSPS) is 23.2. The number of carbonyl (C=O) groups excluding carboxylic acids is 1. The van der Waals surface area contributed by atoms with Gasteiger partial charge in [-0.2, -0.15) is 0 Å². The molecule has 1 fully saturated rings. The molecule has 0 saturated carbocycles. The highest BCUT2D eigenvalue weighted by molar-refractivity contribution is 5.81. The Morgan fingerprint density at radius 3 is 2.79 bits per heavy atom. The van der Waals surface area contributed by atoms with Crippen molar-refractivity contribution >= 4 is 28.6 Å². The van der Waals surface area contributed by atoms with E-state index in [0.717, 1.165) is 5.56 Å². The minimum atomic E-state index is -1.32. The second kappa shape index (κ2) is 9.36. The van der Waals surface area contributed by atoms with Crippen LogP contribution in [0.4, 0.5) is 11.5 Å². The summed E-state index contributed by atoms with van der Waals surface area (Å²) in [5.74, 6) is -0.623. The summed E-state index contributed by atoms with van der Waals surface area (Å²) < 4.78 is 12.7. The first-order valence-electron chi connectivity index (χ1n) is 9.90. The maximum Gasteiger partial charge on any atom is 0.323 e. The Labute approximate surface area is 186 Å². The molecule has 1 saturated heterocycles. The fourth-order valence-corrected chi connectivity index (χ4v) is 3.59. The Kier molecular flexibility index (Phi) is 6.35. The Balaban J connectivity index is 1.52. The number of aliphatic hydroxyl groups excluding tert-OH is 2. The van der Waals surface area contributed by atoms with E-state index in [1.54, 1.807) is 24.3 Å². The number of nitrogen functional groups attached to an aromatic ring is 1. The van der Waals surface area contributed by atoms with Crippen molar-refractivity contribution in [1.29, 1.82) is 0 Å². The number of nitrogens with two attached hydrogens (primary N) is 2. The fourth-order valence-electron chi connectivity index (χ4n) is 3.59. The van der Waals surface area contributed by atoms with Crippen molar-refractivity contribution in [3.8, 4) is 0 Å². The van der Waals surface area contributed by atoms with E-state index in [0.29, 0.717) is 16.9 Å². The first-order chi connectivity index (χ1) is 15.9. The third-order valence-corrected chi connectivity index (χ3v) is 5.26. The van der Waals surface area contributed by atoms with Gasteiger partial charge >= 0.3 is 5.97 Å². The zero-order chi connectivity index (χ0) is 23.5. The van der Waals surface area contributed by atoms with Crippen LogP contribution in [0, 0.1) is 0 Å². The molecule has 1 unspecified atom stereocenters. The van der Waals surface area contributed by atoms with Crippen LogP contribution in [0.1, 0.15) is 11.8 Å². The molecule has 1 aromatic carbocycles. The molecule has 14 heteroatoms. The highest BCUT2D eigenvalue weighted by atomic mass is 16.6. The third-order valence-electron chi connectivity index (χ3n) is 5.26. The molecule has 5 atom stereocenters. The standard InChI is InChI=1S/C19H21N9O5/c20-11(5-9-1-3-10(4-2-9)26-27-22)19(31)33-15-14(30)12(6-29)32-18(15)28-8-25-13-16(21)23-7-24-17(13)28/h1-4,7-8,11-12,14-15,18,29-30H,5-6,20H2,(H2,21,23,24)/t11?,12-,14-,15+,18-/m0/s1. The highest BCUT2D eigenvalue weighted by Crippen LogP contribution is 2.34. The summed E-state index contributed by atoms with van der Waals surface area (Å²) in [5.41, 5.74) is 22.1. The Morgan fingerprint density at radius 2 is 2.09 bits per heavy atom. The SMILES string of the molecule is [N-]=[N+]=Nc1ccc(CC(N)C(=O)O[C@@H]2[C@@H](O)[C@H](CO)O[C@@H]2n2cnc3c(N)ncnc32)cc1. The van der Waals surface area contributed by atoms with E-state index >= 15 is 0 Å². The number of fused-ring (bicyclic) bond motifs is 1. The molecule has 3 heterocycles. The number of azide groups is 1. The molecule has 1 aliphatic rings. The third kappa shape index (κ3) is 4.41. The van der Waals surface area contributed by atoms with Crippen LogP contribution in [0.2, 0.25) is 0 Å². The molecule has 0 radical (unpaired) electrons. The average molecular weight is 455 g/mol. The number of benzene rings is 1. The largest absolute Gasteiger partial charge is 0.453 e. The predicted octanol–water partition coefficient (Wildman–Crippen LogP) is 0.0827. The molecule has 33 heavy (non-hydrogen) atoms. The maximum absolute atomic E-state index is 12.7. The van der Waals surface area contributed by atoms with Crippen molar-refractivity contribution in [1.82, 2.24) is 19.5 Å². The van der Waals surface area contributed by atoms with Crippen molar-refractivity contribution < 1.29 is 24.5 Å². The molecule has 6 N–H and O–H groups in total. The van der Waals surface area contributed by atoms with Gasteiger partial charge in [-0.05, 0) is 17.5 Å². The van der Waals surface area contributed by atoms with Crippen molar-refractivity contribution in [2.75, 3.05) is 12.3 Å². The number of hydrogen-bond acceptors (Lipinski definition) is 11. The van der Waals surface area contributed by atoms with Gasteiger partial charge < -0.3 is 31.2 Å². The van der Waals surface area contributed by atoms with Gasteiger partial charge in [0.25, 0.3) is 0 Å². The molecule has 2 aromatic heterocycles. The Hall–Kier alpha value is -3.81. The lowest BCUT2D eigenvalue weighted by Gasteiger charge is -2.23. The number of anilines is 1. The number of aliphatic hydroxyl groups is 2. The Morgan fingerprint density at radius 1 is 1.33 bits per heavy atom. The molecule has 3 aromatic rings. The van der Waals surface area contributed by atoms with E-state index in [2.05, 4.69) is 25.0 Å². The van der Waals surface area contributed by atoms with Gasteiger partial charge in [-0.3, -0.25) is 9.36 Å². The van der Waals surface area contributed by atoms with Gasteiger partial charge in [-0.15, -0.1) is 0 Å². The minimum Gasteiger partial charge on any atom is -0.453 e. The summed E-state index contributed by atoms with van der Waals surface area (Å²) in [6.45, 7) is -0.501. The average Bonchev–Trinajstić information content (AvgIpc) is 3.37. The van der Waals surface area contributed by atoms with E-state index in [4.69, 9.17) is 26.5 Å². The molecule has 14 nitrogen and oxygen atoms in total. The monoisotopic (exact) mass is 455 g/mol. The molecule has 0 amide bonds. The van der Waals surface area contributed by atoms with Gasteiger partial charge in [0.2, 0.25) is 0 Å². The summed E-state index contributed by atoms with van der Waals surface area (Å²) in [7, 11) is 0. The summed E-state index contributed by atoms with van der Waals surface area (Å²) in [4.78, 5) is 27.6. The van der Waals surface area contributed by atoms with Gasteiger partial charge in [0.1, 0.15) is 30.1 Å². The number of aromatic nitrogens is 4. The smallest absolute Gasteiger partial charge is 0.323 e. The Bertz CT molecular complexity index is 1190. The van der Waals surface area contributed by atoms with Crippen LogP contribution in [0.3, 0.4) is 0 Å². The number of ether oxygens (including phenoxy) is 2. The van der Waals surface area contributed by atoms with Crippen molar-refractivity contribution in [3.63, 3.8) is 0 Å². The lowest BCUT2D eigenvalue weighted by Crippen LogP contribution is -2.42. The topological polar surface area (TPSA) is 220 Å². The van der Waals surface area contributed by atoms with Gasteiger partial charge in [0, 0.05) is 10.6 Å². The number of nitrogens with zero attached hydrogens (tertiary/aromatic N) is 7. The van der Waals surface area contributed by atoms with E-state index in [1.165, 1.54) is 17.2 Å². The van der Waals surface area contributed by atoms with Crippen LogP contribution in [0.25, 0.3) is 21.6 Å². The van der Waals surface area contributed by atoms with Crippen LogP contribution in [0.15, 0.2) is 42.0 Å². The number of carbonyl (C=O) groups is 1. The lowest BCUT2D eigenvalue weighted by molar-refractivity contribution is -0.160. The molecule has 1 aliphatic heterocycles. The van der Waals surface area contributed by atoms with Crippen LogP contribution in [-0.4, -0.2) is 66.7 Å². The zero-order valence-electron chi connectivity index (χ0n) is 17.2. The maximum atomic E-state index is 12.7. The van der Waals surface area contributed by atoms with E-state index in [9.17, 15) is 15.0 Å². The highest BCUT2D eigenvalue weighted by Gasteiger charge is 2.48. The van der Waals surface area contributed by atoms with Gasteiger partial charge in [0.05, 0.1) is 12.9 Å². The van der Waals surface area contributed by atoms with Gasteiger partial charge in [-0.1, -0.05) is 29.4 Å². The molecule has 4 rings (SSSR count). The number of esters is 1. The van der Waals surface area contributed by atoms with Crippen molar-refractivity contribution in [3.05, 3.63) is 52.9 Å². The number of imidazole rings is 1. The van der Waals surface area contributed by atoms with Crippen LogP contribution < -0.4 is 11.5 Å². The van der Waals surface area contributed by atoms with Crippen molar-refractivity contribution in [2.45, 2.75) is 37.0 Å². The first-order valence-corrected chi connectivity index (χ1v) is 9.90. The molecule has 0 spiro atoms. The van der Waals surface area contributed by atoms with Crippen LogP contribution in [0.5, 0.6) is 0 Å². The zero-order valence-corrected chi connectivity index (χ0v) is 17.2. The predicted molar refractivity (Wildman–Crippen MR) is 114 cm³/mol. The van der Waals surface area contributed by atoms with E-state index in [1.807, 2.05) is 0 Å². The van der Waals surface area contributed by atoms with Crippen LogP contribution in [-0.2, 0) is 20.7 Å². The quantitative estimate of drug-likeness (QED) is 0.162. The number of rotatable bonds is 7.